The molecule has 0 heterocycles. The van der Waals surface area contributed by atoms with Crippen molar-refractivity contribution in [2.75, 3.05) is 0 Å². The van der Waals surface area contributed by atoms with Gasteiger partial charge < -0.3 is 14.9 Å². The van der Waals surface area contributed by atoms with Crippen molar-refractivity contribution in [3.63, 3.8) is 0 Å². The van der Waals surface area contributed by atoms with E-state index in [1.807, 2.05) is 0 Å². The molecule has 6 aromatic carbocycles. The van der Waals surface area contributed by atoms with Crippen molar-refractivity contribution in [3.8, 4) is 22.3 Å². The molecule has 0 atom stereocenters. The molecule has 0 aliphatic rings. The summed E-state index contributed by atoms with van der Waals surface area (Å²) in [4.78, 5) is 0. The van der Waals surface area contributed by atoms with Crippen LogP contribution >= 0.6 is 24.8 Å². The third-order valence-electron chi connectivity index (χ3n) is 8.50. The van der Waals surface area contributed by atoms with Crippen LogP contribution in [0.3, 0.4) is 0 Å². The molecule has 0 saturated heterocycles. The van der Waals surface area contributed by atoms with Crippen molar-refractivity contribution in [3.05, 3.63) is 145 Å². The van der Waals surface area contributed by atoms with Crippen molar-refractivity contribution < 1.29 is 23.3 Å². The Kier molecular flexibility index (Phi) is 18.2. The number of benzene rings is 4. The van der Waals surface area contributed by atoms with Crippen LogP contribution in [-0.4, -0.2) is 6.88 Å². The van der Waals surface area contributed by atoms with Gasteiger partial charge in [0.25, 0.3) is 0 Å². The van der Waals surface area contributed by atoms with Gasteiger partial charge in [-0.3, -0.25) is 0 Å². The Morgan fingerprint density at radius 2 is 1.21 bits per heavy atom. The second-order valence-corrected chi connectivity index (χ2v) is 13.1. The maximum atomic E-state index is 3.06. The molecule has 0 saturated carbocycles. The van der Waals surface area contributed by atoms with Gasteiger partial charge in [-0.2, -0.15) is 12.1 Å². The number of halogens is 2. The number of aryl methyl sites for hydroxylation is 4. The summed E-state index contributed by atoms with van der Waals surface area (Å²) in [6.07, 6.45) is 0. The van der Waals surface area contributed by atoms with E-state index in [2.05, 4.69) is 166 Å². The molecule has 6 rings (SSSR count). The van der Waals surface area contributed by atoms with Crippen molar-refractivity contribution in [1.82, 2.24) is 0 Å². The number of fused-ring (bicyclic) bond motifs is 2. The van der Waals surface area contributed by atoms with Crippen LogP contribution in [0.2, 0.25) is 0 Å². The SMILES string of the molecule is Cc1cc2c(-c3ccc(C(C)(C)C)cc3)ccc(C)c2[cH-]1.Cc1cccc(C)c1-c1cccc2[cH-]c(C(C)C)cc12.Cl.Cl.[CH3-].[CH3-].[Si]=[Zr]. The number of hydrogen-bond acceptors (Lipinski definition) is 0. The van der Waals surface area contributed by atoms with E-state index in [0.29, 0.717) is 5.92 Å². The Balaban J connectivity index is 0.000000792. The van der Waals surface area contributed by atoms with Gasteiger partial charge in [0.2, 0.25) is 0 Å². The van der Waals surface area contributed by atoms with E-state index in [1.54, 1.807) is 0 Å². The molecule has 6 aromatic rings. The van der Waals surface area contributed by atoms with Crippen molar-refractivity contribution in [2.45, 2.75) is 73.6 Å². The number of rotatable bonds is 3. The summed E-state index contributed by atoms with van der Waals surface area (Å²) in [6, 6.07) is 36.0. The first-order valence-electron chi connectivity index (χ1n) is 15.2. The van der Waals surface area contributed by atoms with Crippen molar-refractivity contribution in [2.24, 2.45) is 0 Å². The molecule has 0 fully saturated rings. The monoisotopic (exact) mass is 756 g/mol. The summed E-state index contributed by atoms with van der Waals surface area (Å²) in [6.45, 7) is 23.1. The number of hydrogen-bond donors (Lipinski definition) is 0. The molecule has 47 heavy (non-hydrogen) atoms. The van der Waals surface area contributed by atoms with Gasteiger partial charge in [0.15, 0.2) is 0 Å². The van der Waals surface area contributed by atoms with Crippen LogP contribution in [0.5, 0.6) is 0 Å². The first-order chi connectivity index (χ1) is 20.4. The van der Waals surface area contributed by atoms with Gasteiger partial charge in [0, 0.05) is 0 Å². The third-order valence-corrected chi connectivity index (χ3v) is 8.50. The molecule has 0 aliphatic carbocycles. The summed E-state index contributed by atoms with van der Waals surface area (Å²) in [5.74, 6) is 0.577. The van der Waals surface area contributed by atoms with Crippen LogP contribution in [0.25, 0.3) is 43.8 Å². The summed E-state index contributed by atoms with van der Waals surface area (Å²) in [5.41, 5.74) is 13.8. The van der Waals surface area contributed by atoms with Gasteiger partial charge in [0.1, 0.15) is 0 Å². The van der Waals surface area contributed by atoms with E-state index < -0.39 is 0 Å². The Bertz CT molecular complexity index is 1830. The molecule has 0 spiro atoms. The predicted octanol–water partition coefficient (Wildman–Crippen LogP) is 13.5. The molecule has 250 valence electrons. The molecule has 0 bridgehead atoms. The fraction of sp³-hybridized carbons (Fsp3) is 0.256. The summed E-state index contributed by atoms with van der Waals surface area (Å²) >= 11 is 1.36. The molecular weight excluding hydrogens is 707 g/mol. The zero-order valence-corrected chi connectivity index (χ0v) is 35.2. The van der Waals surface area contributed by atoms with E-state index in [9.17, 15) is 0 Å². The molecule has 4 heteroatoms. The van der Waals surface area contributed by atoms with Crippen LogP contribution in [0.1, 0.15) is 73.9 Å². The molecule has 0 nitrogen and oxygen atoms in total. The van der Waals surface area contributed by atoms with E-state index in [4.69, 9.17) is 0 Å². The second-order valence-electron chi connectivity index (χ2n) is 13.1. The van der Waals surface area contributed by atoms with E-state index in [1.165, 1.54) is 101 Å². The average Bonchev–Trinajstić information content (AvgIpc) is 3.59. The Labute approximate surface area is 315 Å². The minimum atomic E-state index is 0. The van der Waals surface area contributed by atoms with Crippen LogP contribution in [0, 0.1) is 42.5 Å². The maximum absolute atomic E-state index is 3.06. The molecule has 0 amide bonds. The van der Waals surface area contributed by atoms with E-state index in [0.717, 1.165) is 0 Å². The zero-order valence-electron chi connectivity index (χ0n) is 30.1. The first kappa shape index (κ1) is 44.8. The third kappa shape index (κ3) is 10.1. The fourth-order valence-electron chi connectivity index (χ4n) is 6.04. The Hall–Kier alpha value is -2.22. The van der Waals surface area contributed by atoms with Gasteiger partial charge in [0.05, 0.1) is 0 Å². The van der Waals surface area contributed by atoms with Crippen LogP contribution in [0.15, 0.2) is 97.1 Å². The van der Waals surface area contributed by atoms with Gasteiger partial charge in [-0.15, -0.1) is 93.4 Å². The van der Waals surface area contributed by atoms with Gasteiger partial charge in [-0.05, 0) is 53.0 Å². The Morgan fingerprint density at radius 1 is 0.638 bits per heavy atom. The molecular formula is C43H52Cl2SiZr-4. The zero-order chi connectivity index (χ0) is 31.5. The average molecular weight is 759 g/mol. The second kappa shape index (κ2) is 19.1. The van der Waals surface area contributed by atoms with Crippen molar-refractivity contribution in [1.29, 1.82) is 0 Å². The van der Waals surface area contributed by atoms with Crippen molar-refractivity contribution >= 4 is 53.2 Å². The van der Waals surface area contributed by atoms with Gasteiger partial charge >= 0.3 is 30.2 Å². The molecule has 0 aromatic heterocycles. The predicted molar refractivity (Wildman–Crippen MR) is 215 cm³/mol. The standard InChI is InChI=1S/C21H23.C20H21.2CH3.2ClH.Si.Zr/c1-14-12-19-15(2)6-11-18(20(19)13-14)16-7-9-17(10-8-16)21(3,4)5;1-13(2)17-11-16-9-6-10-18(19(16)12-17)20-14(3)7-5-8-15(20)4;;;;;;/h6-13H,1-5H3;5-13H,1-4H3;2*1H3;2*1H;;/q4*-1;;;;. The summed E-state index contributed by atoms with van der Waals surface area (Å²) < 4.78 is 0. The van der Waals surface area contributed by atoms with Crippen LogP contribution in [0.4, 0.5) is 0 Å². The normalized spacial score (nSPS) is 10.3. The summed E-state index contributed by atoms with van der Waals surface area (Å²) in [5, 5.41) is 5.49. The molecule has 2 radical (unpaired) electrons. The minimum absolute atomic E-state index is 0. The van der Waals surface area contributed by atoms with Gasteiger partial charge in [-0.25, -0.2) is 0 Å². The van der Waals surface area contributed by atoms with E-state index in [-0.39, 0.29) is 45.1 Å². The van der Waals surface area contributed by atoms with E-state index >= 15 is 0 Å². The van der Waals surface area contributed by atoms with Crippen LogP contribution in [-0.2, 0) is 28.8 Å². The Morgan fingerprint density at radius 3 is 1.77 bits per heavy atom. The quantitative estimate of drug-likeness (QED) is 0.125. The molecule has 0 unspecified atom stereocenters. The summed E-state index contributed by atoms with van der Waals surface area (Å²) in [7, 11) is 0. The molecule has 0 N–H and O–H groups in total. The van der Waals surface area contributed by atoms with Crippen LogP contribution < -0.4 is 0 Å². The van der Waals surface area contributed by atoms with Gasteiger partial charge in [-0.1, -0.05) is 114 Å². The fourth-order valence-corrected chi connectivity index (χ4v) is 6.04. The topological polar surface area (TPSA) is 0 Å². The molecule has 0 aliphatic heterocycles. The first-order valence-corrected chi connectivity index (χ1v) is 19.4.